The third-order valence-electron chi connectivity index (χ3n) is 5.93. The van der Waals surface area contributed by atoms with Crippen molar-refractivity contribution >= 4 is 18.1 Å². The molecule has 3 rings (SSSR count). The van der Waals surface area contributed by atoms with Crippen molar-refractivity contribution in [3.8, 4) is 0 Å². The SMILES string of the molecule is CC(C)C(NC(=O)OCc1ccccc1)C(=O)N[C@@H](Cc1ccccc1)[C@H]1O[C@H]1CNC(=O)OC(C)(C)C. The lowest BCUT2D eigenvalue weighted by Gasteiger charge is -2.25. The van der Waals surface area contributed by atoms with Gasteiger partial charge < -0.3 is 30.2 Å². The van der Waals surface area contributed by atoms with Gasteiger partial charge in [-0.05, 0) is 44.2 Å². The van der Waals surface area contributed by atoms with Crippen LogP contribution in [0.25, 0.3) is 0 Å². The average Bonchev–Trinajstić information content (AvgIpc) is 3.64. The predicted octanol–water partition coefficient (Wildman–Crippen LogP) is 3.96. The summed E-state index contributed by atoms with van der Waals surface area (Å²) in [6, 6.07) is 17.9. The highest BCUT2D eigenvalue weighted by molar-refractivity contribution is 5.86. The minimum Gasteiger partial charge on any atom is -0.445 e. The van der Waals surface area contributed by atoms with E-state index in [0.29, 0.717) is 6.42 Å². The first-order valence-corrected chi connectivity index (χ1v) is 13.0. The van der Waals surface area contributed by atoms with Crippen LogP contribution in [-0.4, -0.2) is 54.5 Å². The van der Waals surface area contributed by atoms with Crippen molar-refractivity contribution in [2.45, 2.75) is 77.5 Å². The highest BCUT2D eigenvalue weighted by Crippen LogP contribution is 2.27. The number of benzene rings is 2. The quantitative estimate of drug-likeness (QED) is 0.382. The molecule has 1 saturated heterocycles. The Balaban J connectivity index is 1.60. The molecule has 0 spiro atoms. The molecule has 3 amide bonds. The molecule has 1 unspecified atom stereocenters. The molecule has 206 valence electrons. The van der Waals surface area contributed by atoms with Crippen LogP contribution >= 0.6 is 0 Å². The minimum absolute atomic E-state index is 0.109. The molecule has 3 N–H and O–H groups in total. The van der Waals surface area contributed by atoms with Crippen molar-refractivity contribution < 1.29 is 28.6 Å². The second-order valence-corrected chi connectivity index (χ2v) is 10.8. The Hall–Kier alpha value is -3.59. The van der Waals surface area contributed by atoms with Crippen LogP contribution in [0, 0.1) is 5.92 Å². The zero-order chi connectivity index (χ0) is 27.7. The molecule has 0 aromatic heterocycles. The lowest BCUT2D eigenvalue weighted by atomic mass is 9.99. The van der Waals surface area contributed by atoms with Gasteiger partial charge in [0.05, 0.1) is 6.04 Å². The summed E-state index contributed by atoms with van der Waals surface area (Å²) in [4.78, 5) is 37.8. The molecule has 9 heteroatoms. The van der Waals surface area contributed by atoms with E-state index in [1.807, 2.05) is 74.5 Å². The van der Waals surface area contributed by atoms with Crippen LogP contribution in [0.15, 0.2) is 60.7 Å². The van der Waals surface area contributed by atoms with Crippen molar-refractivity contribution in [3.63, 3.8) is 0 Å². The maximum absolute atomic E-state index is 13.3. The number of amides is 3. The summed E-state index contributed by atoms with van der Waals surface area (Å²) in [5.41, 5.74) is 1.29. The van der Waals surface area contributed by atoms with E-state index < -0.39 is 23.8 Å². The number of rotatable bonds is 11. The van der Waals surface area contributed by atoms with Gasteiger partial charge in [-0.15, -0.1) is 0 Å². The van der Waals surface area contributed by atoms with Gasteiger partial charge >= 0.3 is 12.2 Å². The third kappa shape index (κ3) is 9.70. The van der Waals surface area contributed by atoms with Gasteiger partial charge in [0.25, 0.3) is 0 Å². The van der Waals surface area contributed by atoms with E-state index in [9.17, 15) is 14.4 Å². The zero-order valence-corrected chi connectivity index (χ0v) is 22.7. The Labute approximate surface area is 224 Å². The number of hydrogen-bond donors (Lipinski definition) is 3. The van der Waals surface area contributed by atoms with Gasteiger partial charge in [0.1, 0.15) is 30.5 Å². The summed E-state index contributed by atoms with van der Waals surface area (Å²) < 4.78 is 16.5. The first-order valence-electron chi connectivity index (χ1n) is 13.0. The molecular weight excluding hydrogens is 486 g/mol. The molecule has 38 heavy (non-hydrogen) atoms. The number of carbonyl (C=O) groups excluding carboxylic acids is 3. The normalized spacial score (nSPS) is 18.2. The lowest BCUT2D eigenvalue weighted by molar-refractivity contribution is -0.125. The Bertz CT molecular complexity index is 1050. The highest BCUT2D eigenvalue weighted by atomic mass is 16.6. The second-order valence-electron chi connectivity index (χ2n) is 10.8. The molecule has 0 radical (unpaired) electrons. The fraction of sp³-hybridized carbons (Fsp3) is 0.483. The number of epoxide rings is 1. The predicted molar refractivity (Wildman–Crippen MR) is 143 cm³/mol. The van der Waals surface area contributed by atoms with Crippen LogP contribution < -0.4 is 16.0 Å². The van der Waals surface area contributed by atoms with E-state index in [4.69, 9.17) is 14.2 Å². The molecule has 1 aliphatic heterocycles. The van der Waals surface area contributed by atoms with E-state index in [1.54, 1.807) is 20.8 Å². The van der Waals surface area contributed by atoms with Crippen molar-refractivity contribution in [2.75, 3.05) is 6.54 Å². The Morgan fingerprint density at radius 2 is 1.50 bits per heavy atom. The zero-order valence-electron chi connectivity index (χ0n) is 22.7. The molecule has 1 heterocycles. The van der Waals surface area contributed by atoms with Gasteiger partial charge in [-0.1, -0.05) is 74.5 Å². The van der Waals surface area contributed by atoms with Crippen LogP contribution in [0.4, 0.5) is 9.59 Å². The van der Waals surface area contributed by atoms with Crippen LogP contribution in [0.3, 0.4) is 0 Å². The first-order chi connectivity index (χ1) is 18.0. The van der Waals surface area contributed by atoms with Gasteiger partial charge in [0, 0.05) is 6.54 Å². The van der Waals surface area contributed by atoms with E-state index in [-0.39, 0.29) is 43.2 Å². The molecule has 9 nitrogen and oxygen atoms in total. The minimum atomic E-state index is -0.798. The van der Waals surface area contributed by atoms with Gasteiger partial charge in [0.2, 0.25) is 5.91 Å². The van der Waals surface area contributed by atoms with Crippen molar-refractivity contribution in [1.29, 1.82) is 0 Å². The molecule has 4 atom stereocenters. The van der Waals surface area contributed by atoms with Crippen molar-refractivity contribution in [2.24, 2.45) is 5.92 Å². The van der Waals surface area contributed by atoms with Crippen LogP contribution in [0.2, 0.25) is 0 Å². The van der Waals surface area contributed by atoms with E-state index in [0.717, 1.165) is 11.1 Å². The lowest BCUT2D eigenvalue weighted by Crippen LogP contribution is -2.54. The van der Waals surface area contributed by atoms with Crippen LogP contribution in [0.5, 0.6) is 0 Å². The molecule has 2 aromatic rings. The second kappa shape index (κ2) is 13.3. The summed E-state index contributed by atoms with van der Waals surface area (Å²) in [5.74, 6) is -0.506. The van der Waals surface area contributed by atoms with E-state index in [2.05, 4.69) is 16.0 Å². The maximum atomic E-state index is 13.3. The highest BCUT2D eigenvalue weighted by Gasteiger charge is 2.46. The Morgan fingerprint density at radius 3 is 2.08 bits per heavy atom. The number of ether oxygens (including phenoxy) is 3. The number of alkyl carbamates (subject to hydrolysis) is 2. The maximum Gasteiger partial charge on any atom is 0.408 e. The largest absolute Gasteiger partial charge is 0.445 e. The van der Waals surface area contributed by atoms with Gasteiger partial charge in [-0.3, -0.25) is 4.79 Å². The van der Waals surface area contributed by atoms with E-state index >= 15 is 0 Å². The Kier molecular flexibility index (Phi) is 10.1. The molecule has 0 saturated carbocycles. The monoisotopic (exact) mass is 525 g/mol. The molecule has 1 aliphatic rings. The van der Waals surface area contributed by atoms with Crippen molar-refractivity contribution in [1.82, 2.24) is 16.0 Å². The van der Waals surface area contributed by atoms with Gasteiger partial charge in [-0.25, -0.2) is 9.59 Å². The van der Waals surface area contributed by atoms with Crippen LogP contribution in [0.1, 0.15) is 45.7 Å². The number of carbonyl (C=O) groups is 3. The smallest absolute Gasteiger partial charge is 0.408 e. The molecule has 2 aromatic carbocycles. The number of nitrogens with one attached hydrogen (secondary N) is 3. The summed E-state index contributed by atoms with van der Waals surface area (Å²) in [5, 5.41) is 8.49. The number of hydrogen-bond acceptors (Lipinski definition) is 6. The van der Waals surface area contributed by atoms with Crippen LogP contribution in [-0.2, 0) is 32.0 Å². The Morgan fingerprint density at radius 1 is 0.895 bits per heavy atom. The molecule has 0 bridgehead atoms. The fourth-order valence-corrected chi connectivity index (χ4v) is 3.99. The summed E-state index contributed by atoms with van der Waals surface area (Å²) in [6.07, 6.45) is -1.22. The summed E-state index contributed by atoms with van der Waals surface area (Å²) >= 11 is 0. The molecule has 1 fully saturated rings. The van der Waals surface area contributed by atoms with Gasteiger partial charge in [-0.2, -0.15) is 0 Å². The average molecular weight is 526 g/mol. The summed E-state index contributed by atoms with van der Waals surface area (Å²) in [7, 11) is 0. The topological polar surface area (TPSA) is 118 Å². The standard InChI is InChI=1S/C29H39N3O6/c1-19(2)24(32-28(35)36-18-21-14-10-7-11-15-21)26(33)31-22(16-20-12-8-6-9-13-20)25-23(37-25)17-30-27(34)38-29(3,4)5/h6-15,19,22-25H,16-18H2,1-5H3,(H,30,34)(H,31,33)(H,32,35)/t22-,23-,24?,25+/m0/s1. The first kappa shape index (κ1) is 29.0. The van der Waals surface area contributed by atoms with E-state index in [1.165, 1.54) is 0 Å². The summed E-state index contributed by atoms with van der Waals surface area (Å²) in [6.45, 7) is 9.47. The van der Waals surface area contributed by atoms with Crippen molar-refractivity contribution in [3.05, 3.63) is 71.8 Å². The molecular formula is C29H39N3O6. The third-order valence-corrected chi connectivity index (χ3v) is 5.93. The molecule has 0 aliphatic carbocycles. The fourth-order valence-electron chi connectivity index (χ4n) is 3.99. The van der Waals surface area contributed by atoms with Gasteiger partial charge in [0.15, 0.2) is 0 Å².